The molecule has 4 aliphatic rings. The van der Waals surface area contributed by atoms with Crippen LogP contribution in [0.15, 0.2) is 48.0 Å². The molecule has 0 spiro atoms. The van der Waals surface area contributed by atoms with Gasteiger partial charge in [0.05, 0.1) is 33.9 Å². The molecule has 9 nitrogen and oxygen atoms in total. The fourth-order valence-corrected chi connectivity index (χ4v) is 8.11. The summed E-state index contributed by atoms with van der Waals surface area (Å²) in [4.78, 5) is 68.7. The number of phenolic OH excluding ortho intramolecular Hbond substituents is 1. The molecule has 12 heteroatoms. The standard InChI is InChI=1S/C31H27Cl2FN2O7/c1-31-20(28(41)36(30(31)43)14-4-9-23(34)22(33)11-14)13-19-16(26(31)17-6-5-15(37)12-21(17)32)7-8-18-25(19)29(42)35(27(18)40)10-2-3-24(38)39/h4-7,9,11-12,18-20,25-26,37H,2-3,8,10,13H2,1H3,(H,38,39)/t18-,19+,20-,25-,26+,31+/m0/s1. The molecule has 2 aromatic rings. The first-order valence-corrected chi connectivity index (χ1v) is 14.7. The molecule has 0 bridgehead atoms. The maximum atomic E-state index is 14.3. The number of carbonyl (C=O) groups is 5. The minimum atomic E-state index is -1.37. The molecule has 1 saturated carbocycles. The van der Waals surface area contributed by atoms with Crippen molar-refractivity contribution < 1.29 is 38.6 Å². The van der Waals surface area contributed by atoms with Crippen LogP contribution in [0, 0.1) is 34.9 Å². The van der Waals surface area contributed by atoms with Gasteiger partial charge in [-0.2, -0.15) is 0 Å². The average Bonchev–Trinajstić information content (AvgIpc) is 3.30. The largest absolute Gasteiger partial charge is 0.508 e. The number of carboxylic acids is 1. The summed E-state index contributed by atoms with van der Waals surface area (Å²) in [6.07, 6.45) is 2.12. The summed E-state index contributed by atoms with van der Waals surface area (Å²) in [6.45, 7) is 1.66. The van der Waals surface area contributed by atoms with Gasteiger partial charge in [0.25, 0.3) is 0 Å². The molecule has 3 fully saturated rings. The Kier molecular flexibility index (Phi) is 7.12. The van der Waals surface area contributed by atoms with Gasteiger partial charge in [-0.3, -0.25) is 28.9 Å². The molecular weight excluding hydrogens is 602 g/mol. The number of aliphatic carboxylic acids is 1. The Hall–Kier alpha value is -3.76. The van der Waals surface area contributed by atoms with E-state index >= 15 is 0 Å². The number of hydrogen-bond donors (Lipinski definition) is 2. The Morgan fingerprint density at radius 3 is 2.44 bits per heavy atom. The van der Waals surface area contributed by atoms with E-state index in [9.17, 15) is 33.5 Å². The number of anilines is 1. The Morgan fingerprint density at radius 2 is 1.77 bits per heavy atom. The second-order valence-electron chi connectivity index (χ2n) is 11.8. The molecule has 2 heterocycles. The molecule has 6 atom stereocenters. The lowest BCUT2D eigenvalue weighted by Crippen LogP contribution is -2.49. The Balaban J connectivity index is 1.46. The lowest BCUT2D eigenvalue weighted by Gasteiger charge is -2.49. The molecule has 4 amide bonds. The van der Waals surface area contributed by atoms with E-state index in [-0.39, 0.29) is 59.6 Å². The third-order valence-corrected chi connectivity index (χ3v) is 10.2. The van der Waals surface area contributed by atoms with Gasteiger partial charge in [0.1, 0.15) is 11.6 Å². The molecule has 2 aliphatic heterocycles. The highest BCUT2D eigenvalue weighted by molar-refractivity contribution is 6.32. The zero-order valence-corrected chi connectivity index (χ0v) is 24.4. The quantitative estimate of drug-likeness (QED) is 0.342. The molecular formula is C31H27Cl2FN2O7. The smallest absolute Gasteiger partial charge is 0.303 e. The van der Waals surface area contributed by atoms with Crippen molar-refractivity contribution in [2.75, 3.05) is 11.4 Å². The van der Waals surface area contributed by atoms with Crippen LogP contribution in [-0.4, -0.2) is 51.3 Å². The maximum Gasteiger partial charge on any atom is 0.303 e. The zero-order chi connectivity index (χ0) is 31.0. The van der Waals surface area contributed by atoms with Crippen LogP contribution in [0.5, 0.6) is 5.75 Å². The van der Waals surface area contributed by atoms with Gasteiger partial charge < -0.3 is 10.2 Å². The number of nitrogens with zero attached hydrogens (tertiary/aromatic N) is 2. The van der Waals surface area contributed by atoms with E-state index in [0.29, 0.717) is 11.1 Å². The summed E-state index contributed by atoms with van der Waals surface area (Å²) < 4.78 is 14.0. The summed E-state index contributed by atoms with van der Waals surface area (Å²) in [6, 6.07) is 7.96. The number of aromatic hydroxyl groups is 1. The van der Waals surface area contributed by atoms with Gasteiger partial charge in [0, 0.05) is 23.9 Å². The molecule has 2 aliphatic carbocycles. The number of imide groups is 2. The first kappa shape index (κ1) is 29.3. The van der Waals surface area contributed by atoms with Crippen molar-refractivity contribution in [3.8, 4) is 5.75 Å². The van der Waals surface area contributed by atoms with Crippen molar-refractivity contribution in [2.45, 2.75) is 38.5 Å². The number of carbonyl (C=O) groups excluding carboxylic acids is 4. The van der Waals surface area contributed by atoms with Crippen LogP contribution in [0.3, 0.4) is 0 Å². The zero-order valence-electron chi connectivity index (χ0n) is 22.9. The second kappa shape index (κ2) is 10.4. The Bertz CT molecular complexity index is 1640. The van der Waals surface area contributed by atoms with E-state index in [4.69, 9.17) is 28.3 Å². The van der Waals surface area contributed by atoms with Crippen LogP contribution in [0.4, 0.5) is 10.1 Å². The second-order valence-corrected chi connectivity index (χ2v) is 12.6. The van der Waals surface area contributed by atoms with Crippen LogP contribution < -0.4 is 4.90 Å². The highest BCUT2D eigenvalue weighted by atomic mass is 35.5. The summed E-state index contributed by atoms with van der Waals surface area (Å²) in [7, 11) is 0. The van der Waals surface area contributed by atoms with Gasteiger partial charge >= 0.3 is 5.97 Å². The lowest BCUT2D eigenvalue weighted by atomic mass is 9.51. The van der Waals surface area contributed by atoms with Crippen molar-refractivity contribution >= 4 is 58.5 Å². The normalized spacial score (nSPS) is 29.9. The van der Waals surface area contributed by atoms with Gasteiger partial charge in [-0.25, -0.2) is 9.29 Å². The number of phenols is 1. The van der Waals surface area contributed by atoms with Crippen LogP contribution in [0.25, 0.3) is 0 Å². The fourth-order valence-electron chi connectivity index (χ4n) is 7.65. The lowest BCUT2D eigenvalue weighted by molar-refractivity contribution is -0.142. The number of carboxylic acid groups (broad SMARTS) is 1. The first-order valence-electron chi connectivity index (χ1n) is 13.9. The molecule has 2 N–H and O–H groups in total. The third kappa shape index (κ3) is 4.37. The van der Waals surface area contributed by atoms with Crippen molar-refractivity contribution in [3.05, 3.63) is 69.5 Å². The van der Waals surface area contributed by atoms with Crippen LogP contribution >= 0.6 is 23.2 Å². The number of allylic oxidation sites excluding steroid dienone is 2. The van der Waals surface area contributed by atoms with E-state index in [2.05, 4.69) is 0 Å². The van der Waals surface area contributed by atoms with Crippen molar-refractivity contribution in [2.24, 2.45) is 29.1 Å². The number of amides is 4. The van der Waals surface area contributed by atoms with Gasteiger partial charge in [-0.05, 0) is 68.0 Å². The minimum Gasteiger partial charge on any atom is -0.508 e. The minimum absolute atomic E-state index is 0.0239. The van der Waals surface area contributed by atoms with Crippen molar-refractivity contribution in [1.29, 1.82) is 0 Å². The van der Waals surface area contributed by atoms with Crippen molar-refractivity contribution in [1.82, 2.24) is 4.90 Å². The van der Waals surface area contributed by atoms with Gasteiger partial charge in [0.2, 0.25) is 23.6 Å². The van der Waals surface area contributed by atoms with E-state index in [1.165, 1.54) is 24.3 Å². The topological polar surface area (TPSA) is 132 Å². The van der Waals surface area contributed by atoms with E-state index in [0.717, 1.165) is 15.9 Å². The predicted octanol–water partition coefficient (Wildman–Crippen LogP) is 4.93. The fraction of sp³-hybridized carbons (Fsp3) is 0.387. The van der Waals surface area contributed by atoms with E-state index in [1.807, 2.05) is 6.08 Å². The van der Waals surface area contributed by atoms with Crippen LogP contribution in [0.2, 0.25) is 10.0 Å². The van der Waals surface area contributed by atoms with Gasteiger partial charge in [0.15, 0.2) is 0 Å². The first-order chi connectivity index (χ1) is 20.4. The Labute approximate surface area is 255 Å². The number of likely N-dealkylation sites (tertiary alicyclic amines) is 1. The third-order valence-electron chi connectivity index (χ3n) is 9.59. The van der Waals surface area contributed by atoms with E-state index < -0.39 is 64.5 Å². The molecule has 224 valence electrons. The molecule has 6 rings (SSSR count). The highest BCUT2D eigenvalue weighted by Gasteiger charge is 2.67. The van der Waals surface area contributed by atoms with Crippen LogP contribution in [0.1, 0.15) is 44.1 Å². The molecule has 0 radical (unpaired) electrons. The molecule has 0 aromatic heterocycles. The summed E-state index contributed by atoms with van der Waals surface area (Å²) in [5, 5.41) is 19.0. The maximum absolute atomic E-state index is 14.3. The average molecular weight is 629 g/mol. The number of benzene rings is 2. The van der Waals surface area contributed by atoms with Gasteiger partial charge in [-0.1, -0.05) is 40.9 Å². The number of fused-ring (bicyclic) bond motifs is 4. The summed E-state index contributed by atoms with van der Waals surface area (Å²) in [5.41, 5.74) is -0.0717. The molecule has 0 unspecified atom stereocenters. The SMILES string of the molecule is C[C@@]12C(=O)N(c3ccc(F)c(Cl)c3)C(=O)[C@@H]1C[C@@H]1C(=CC[C@@H]3C(=O)N(CCCC(=O)O)C(=O)[C@@H]31)[C@@H]2c1ccc(O)cc1Cl. The monoisotopic (exact) mass is 628 g/mol. The highest BCUT2D eigenvalue weighted by Crippen LogP contribution is 2.64. The summed E-state index contributed by atoms with van der Waals surface area (Å²) >= 11 is 12.7. The molecule has 2 aromatic carbocycles. The molecule has 2 saturated heterocycles. The van der Waals surface area contributed by atoms with Gasteiger partial charge in [-0.15, -0.1) is 0 Å². The Morgan fingerprint density at radius 1 is 1.02 bits per heavy atom. The number of rotatable bonds is 6. The molecule has 43 heavy (non-hydrogen) atoms. The number of hydrogen-bond acceptors (Lipinski definition) is 6. The summed E-state index contributed by atoms with van der Waals surface area (Å²) in [5.74, 6) is -7.46. The van der Waals surface area contributed by atoms with Crippen molar-refractivity contribution in [3.63, 3.8) is 0 Å². The van der Waals surface area contributed by atoms with Crippen LogP contribution in [-0.2, 0) is 24.0 Å². The predicted molar refractivity (Wildman–Crippen MR) is 153 cm³/mol. The number of halogens is 3. The van der Waals surface area contributed by atoms with E-state index in [1.54, 1.807) is 13.0 Å².